The van der Waals surface area contributed by atoms with E-state index in [9.17, 15) is 0 Å². The fraction of sp³-hybridized carbons (Fsp3) is 0.286. The van der Waals surface area contributed by atoms with Gasteiger partial charge in [0.1, 0.15) is 5.65 Å². The van der Waals surface area contributed by atoms with Crippen LogP contribution in [-0.4, -0.2) is 9.38 Å². The molecule has 2 aliphatic carbocycles. The van der Waals surface area contributed by atoms with Crippen molar-refractivity contribution in [1.29, 1.82) is 0 Å². The summed E-state index contributed by atoms with van der Waals surface area (Å²) in [7, 11) is 0. The van der Waals surface area contributed by atoms with Gasteiger partial charge in [-0.3, -0.25) is 4.40 Å². The van der Waals surface area contributed by atoms with E-state index in [0.29, 0.717) is 0 Å². The predicted octanol–water partition coefficient (Wildman–Crippen LogP) is 5.31. The van der Waals surface area contributed by atoms with Gasteiger partial charge in [-0.25, -0.2) is 4.98 Å². The van der Waals surface area contributed by atoms with E-state index in [4.69, 9.17) is 4.98 Å². The molecule has 4 aromatic rings. The number of aryl methyl sites for hydroxylation is 1. The highest BCUT2D eigenvalue weighted by Crippen LogP contribution is 2.56. The van der Waals surface area contributed by atoms with Gasteiger partial charge in [0.2, 0.25) is 0 Å². The van der Waals surface area contributed by atoms with E-state index in [2.05, 4.69) is 53.9 Å². The zero-order chi connectivity index (χ0) is 15.1. The summed E-state index contributed by atoms with van der Waals surface area (Å²) in [4.78, 5) is 5.03. The quantitative estimate of drug-likeness (QED) is 0.430. The van der Waals surface area contributed by atoms with E-state index in [0.717, 1.165) is 17.5 Å². The average molecular weight is 298 g/mol. The van der Waals surface area contributed by atoms with Crippen LogP contribution in [0.1, 0.15) is 47.8 Å². The van der Waals surface area contributed by atoms with E-state index in [1.807, 2.05) is 0 Å². The molecule has 0 amide bonds. The number of benzene rings is 2. The summed E-state index contributed by atoms with van der Waals surface area (Å²) >= 11 is 0. The summed E-state index contributed by atoms with van der Waals surface area (Å²) in [6.45, 7) is 2.28. The van der Waals surface area contributed by atoms with Crippen molar-refractivity contribution in [1.82, 2.24) is 9.38 Å². The maximum Gasteiger partial charge on any atom is 0.145 e. The largest absolute Gasteiger partial charge is 0.299 e. The molecule has 6 rings (SSSR count). The average Bonchev–Trinajstić information content (AvgIpc) is 3.26. The topological polar surface area (TPSA) is 17.3 Å². The van der Waals surface area contributed by atoms with E-state index < -0.39 is 0 Å². The molecule has 2 unspecified atom stereocenters. The summed E-state index contributed by atoms with van der Waals surface area (Å²) in [5.41, 5.74) is 8.35. The normalized spacial score (nSPS) is 22.5. The molecule has 1 saturated carbocycles. The van der Waals surface area contributed by atoms with Crippen LogP contribution in [0.5, 0.6) is 0 Å². The molecule has 0 spiro atoms. The van der Waals surface area contributed by atoms with E-state index in [1.165, 1.54) is 46.6 Å². The third-order valence-electron chi connectivity index (χ3n) is 6.12. The van der Waals surface area contributed by atoms with Gasteiger partial charge in [0.25, 0.3) is 0 Å². The van der Waals surface area contributed by atoms with Crippen molar-refractivity contribution in [2.24, 2.45) is 0 Å². The van der Waals surface area contributed by atoms with Crippen molar-refractivity contribution in [3.63, 3.8) is 0 Å². The molecule has 23 heavy (non-hydrogen) atoms. The van der Waals surface area contributed by atoms with Crippen LogP contribution in [-0.2, 0) is 0 Å². The zero-order valence-electron chi connectivity index (χ0n) is 13.2. The second kappa shape index (κ2) is 3.94. The lowest BCUT2D eigenvalue weighted by atomic mass is 9.87. The summed E-state index contributed by atoms with van der Waals surface area (Å²) in [6.07, 6.45) is 6.31. The molecule has 0 saturated heterocycles. The molecule has 2 nitrogen and oxygen atoms in total. The number of fused-ring (bicyclic) bond motifs is 11. The SMILES string of the molecule is Cc1cc2nc3c4ccccc4ccn3c2c2c1C1CCC2C1. The molecular weight excluding hydrogens is 280 g/mol. The molecular formula is C21H18N2. The second-order valence-electron chi connectivity index (χ2n) is 7.30. The Hall–Kier alpha value is -2.35. The lowest BCUT2D eigenvalue weighted by Gasteiger charge is -2.18. The minimum atomic E-state index is 0.753. The van der Waals surface area contributed by atoms with Crippen LogP contribution in [0, 0.1) is 6.92 Å². The number of aromatic nitrogens is 2. The van der Waals surface area contributed by atoms with Crippen LogP contribution < -0.4 is 0 Å². The van der Waals surface area contributed by atoms with Gasteiger partial charge in [-0.05, 0) is 72.2 Å². The molecule has 0 radical (unpaired) electrons. The lowest BCUT2D eigenvalue weighted by molar-refractivity contribution is 0.716. The van der Waals surface area contributed by atoms with Crippen molar-refractivity contribution < 1.29 is 0 Å². The minimum absolute atomic E-state index is 0.753. The van der Waals surface area contributed by atoms with Crippen LogP contribution in [0.3, 0.4) is 0 Å². The highest BCUT2D eigenvalue weighted by Gasteiger charge is 2.40. The molecule has 1 fully saturated rings. The predicted molar refractivity (Wildman–Crippen MR) is 94.3 cm³/mol. The first-order valence-electron chi connectivity index (χ1n) is 8.64. The number of rotatable bonds is 0. The van der Waals surface area contributed by atoms with Gasteiger partial charge in [-0.1, -0.05) is 24.3 Å². The summed E-state index contributed by atoms with van der Waals surface area (Å²) < 4.78 is 2.34. The first kappa shape index (κ1) is 12.1. The van der Waals surface area contributed by atoms with Gasteiger partial charge in [0, 0.05) is 11.6 Å². The van der Waals surface area contributed by atoms with Crippen LogP contribution >= 0.6 is 0 Å². The Balaban J connectivity index is 1.85. The van der Waals surface area contributed by atoms with E-state index >= 15 is 0 Å². The number of nitrogens with zero attached hydrogens (tertiary/aromatic N) is 2. The highest BCUT2D eigenvalue weighted by atomic mass is 15.0. The van der Waals surface area contributed by atoms with Crippen molar-refractivity contribution in [3.8, 4) is 0 Å². The van der Waals surface area contributed by atoms with Crippen LogP contribution in [0.15, 0.2) is 42.6 Å². The summed E-state index contributed by atoms with van der Waals surface area (Å²) in [5, 5.41) is 2.52. The van der Waals surface area contributed by atoms with Gasteiger partial charge in [0.05, 0.1) is 11.0 Å². The molecule has 2 aliphatic rings. The van der Waals surface area contributed by atoms with Crippen LogP contribution in [0.4, 0.5) is 0 Å². The van der Waals surface area contributed by atoms with Crippen molar-refractivity contribution >= 4 is 27.5 Å². The Bertz CT molecular complexity index is 1120. The summed E-state index contributed by atoms with van der Waals surface area (Å²) in [5.74, 6) is 1.55. The zero-order valence-corrected chi connectivity index (χ0v) is 13.2. The molecule has 2 bridgehead atoms. The Morgan fingerprint density at radius 3 is 2.78 bits per heavy atom. The third kappa shape index (κ3) is 1.38. The third-order valence-corrected chi connectivity index (χ3v) is 6.12. The van der Waals surface area contributed by atoms with E-state index in [-0.39, 0.29) is 0 Å². The maximum atomic E-state index is 5.03. The monoisotopic (exact) mass is 298 g/mol. The first-order valence-corrected chi connectivity index (χ1v) is 8.64. The van der Waals surface area contributed by atoms with Gasteiger partial charge in [0.15, 0.2) is 0 Å². The Morgan fingerprint density at radius 2 is 1.87 bits per heavy atom. The Morgan fingerprint density at radius 1 is 1.04 bits per heavy atom. The maximum absolute atomic E-state index is 5.03. The number of imidazole rings is 1. The number of hydrogen-bond donors (Lipinski definition) is 0. The van der Waals surface area contributed by atoms with E-state index in [1.54, 1.807) is 11.1 Å². The van der Waals surface area contributed by atoms with Gasteiger partial charge in [-0.15, -0.1) is 0 Å². The first-order chi connectivity index (χ1) is 11.3. The molecule has 2 heterocycles. The van der Waals surface area contributed by atoms with Crippen LogP contribution in [0.2, 0.25) is 0 Å². The van der Waals surface area contributed by atoms with Gasteiger partial charge < -0.3 is 0 Å². The summed E-state index contributed by atoms with van der Waals surface area (Å²) in [6, 6.07) is 13.1. The fourth-order valence-corrected chi connectivity index (χ4v) is 5.24. The van der Waals surface area contributed by atoms with Gasteiger partial charge in [-0.2, -0.15) is 0 Å². The smallest absolute Gasteiger partial charge is 0.145 e. The standard InChI is InChI=1S/C21H18N2/c1-12-10-17-20(19-15-7-6-14(11-15)18(12)19)23-9-8-13-4-2-3-5-16(13)21(23)22-17/h2-5,8-10,14-15H,6-7,11H2,1H3. The van der Waals surface area contributed by atoms with Crippen LogP contribution in [0.25, 0.3) is 27.5 Å². The Labute approximate surface area is 134 Å². The molecule has 2 aromatic carbocycles. The highest BCUT2D eigenvalue weighted by molar-refractivity contribution is 5.99. The second-order valence-corrected chi connectivity index (χ2v) is 7.30. The number of hydrogen-bond acceptors (Lipinski definition) is 1. The lowest BCUT2D eigenvalue weighted by Crippen LogP contribution is -2.02. The molecule has 2 atom stereocenters. The van der Waals surface area contributed by atoms with Crippen molar-refractivity contribution in [3.05, 3.63) is 59.3 Å². The molecule has 2 heteroatoms. The van der Waals surface area contributed by atoms with Crippen molar-refractivity contribution in [2.45, 2.75) is 38.0 Å². The van der Waals surface area contributed by atoms with Gasteiger partial charge >= 0.3 is 0 Å². The molecule has 2 aromatic heterocycles. The van der Waals surface area contributed by atoms with Crippen molar-refractivity contribution in [2.75, 3.05) is 0 Å². The fourth-order valence-electron chi connectivity index (χ4n) is 5.24. The molecule has 0 N–H and O–H groups in total. The minimum Gasteiger partial charge on any atom is -0.299 e. The number of pyridine rings is 1. The molecule has 112 valence electrons. The molecule has 0 aliphatic heterocycles. The Kier molecular flexibility index (Phi) is 2.08.